The molecule has 4 nitrogen and oxygen atoms in total. The van der Waals surface area contributed by atoms with Gasteiger partial charge < -0.3 is 11.1 Å². The lowest BCUT2D eigenvalue weighted by atomic mass is 9.75. The molecule has 0 atom stereocenters. The second-order valence-corrected chi connectivity index (χ2v) is 5.47. The van der Waals surface area contributed by atoms with E-state index < -0.39 is 0 Å². The molecule has 1 saturated carbocycles. The van der Waals surface area contributed by atoms with E-state index in [1.54, 1.807) is 16.8 Å². The zero-order chi connectivity index (χ0) is 11.6. The summed E-state index contributed by atoms with van der Waals surface area (Å²) in [6, 6.07) is 0. The van der Waals surface area contributed by atoms with Gasteiger partial charge in [-0.3, -0.25) is 4.79 Å². The van der Waals surface area contributed by atoms with Gasteiger partial charge in [-0.1, -0.05) is 0 Å². The van der Waals surface area contributed by atoms with E-state index in [-0.39, 0.29) is 11.4 Å². The molecule has 0 unspecified atom stereocenters. The number of carbonyl (C=O) groups excluding carboxylic acids is 1. The first-order chi connectivity index (χ1) is 7.59. The van der Waals surface area contributed by atoms with Crippen molar-refractivity contribution in [2.24, 2.45) is 5.73 Å². The summed E-state index contributed by atoms with van der Waals surface area (Å²) in [5.41, 5.74) is 8.58. The molecule has 3 N–H and O–H groups in total. The fourth-order valence-corrected chi connectivity index (χ4v) is 2.58. The predicted molar refractivity (Wildman–Crippen MR) is 64.1 cm³/mol. The van der Waals surface area contributed by atoms with Gasteiger partial charge >= 0.3 is 0 Å². The minimum atomic E-state index is -0.229. The fourth-order valence-electron chi connectivity index (χ4n) is 1.86. The van der Waals surface area contributed by atoms with Crippen molar-refractivity contribution in [2.45, 2.75) is 44.7 Å². The Morgan fingerprint density at radius 1 is 1.69 bits per heavy atom. The van der Waals surface area contributed by atoms with Crippen LogP contribution in [0.2, 0.25) is 0 Å². The second kappa shape index (κ2) is 4.51. The minimum Gasteiger partial charge on any atom is -0.351 e. The van der Waals surface area contributed by atoms with E-state index in [2.05, 4.69) is 10.3 Å². The molecule has 1 aliphatic rings. The van der Waals surface area contributed by atoms with E-state index >= 15 is 0 Å². The van der Waals surface area contributed by atoms with Gasteiger partial charge in [0, 0.05) is 16.8 Å². The monoisotopic (exact) mass is 239 g/mol. The van der Waals surface area contributed by atoms with Gasteiger partial charge in [0.05, 0.1) is 17.7 Å². The molecule has 0 radical (unpaired) electrons. The maximum atomic E-state index is 11.7. The van der Waals surface area contributed by atoms with Gasteiger partial charge in [-0.15, -0.1) is 11.3 Å². The molecule has 16 heavy (non-hydrogen) atoms. The van der Waals surface area contributed by atoms with Crippen LogP contribution in [0.5, 0.6) is 0 Å². The average molecular weight is 239 g/mol. The second-order valence-electron chi connectivity index (χ2n) is 4.53. The number of aromatic nitrogens is 1. The van der Waals surface area contributed by atoms with Crippen LogP contribution in [0.3, 0.4) is 0 Å². The average Bonchev–Trinajstić information content (AvgIpc) is 2.59. The highest BCUT2D eigenvalue weighted by Gasteiger charge is 2.34. The molecule has 0 spiro atoms. The molecule has 5 heteroatoms. The number of amides is 1. The molecule has 0 aliphatic heterocycles. The molecule has 1 aromatic heterocycles. The van der Waals surface area contributed by atoms with Crippen molar-refractivity contribution in [1.29, 1.82) is 0 Å². The number of thiazole rings is 1. The summed E-state index contributed by atoms with van der Waals surface area (Å²) < 4.78 is 0. The van der Waals surface area contributed by atoms with Gasteiger partial charge in [0.1, 0.15) is 0 Å². The van der Waals surface area contributed by atoms with Crippen molar-refractivity contribution in [1.82, 2.24) is 10.3 Å². The molecular formula is C11H17N3OS. The van der Waals surface area contributed by atoms with E-state index in [1.165, 1.54) is 0 Å². The number of nitrogens with zero attached hydrogens (tertiary/aromatic N) is 1. The Morgan fingerprint density at radius 2 is 2.44 bits per heavy atom. The Labute approximate surface area is 99.3 Å². The zero-order valence-electron chi connectivity index (χ0n) is 9.45. The summed E-state index contributed by atoms with van der Waals surface area (Å²) in [6.45, 7) is 2.53. The van der Waals surface area contributed by atoms with Crippen molar-refractivity contribution >= 4 is 17.2 Å². The summed E-state index contributed by atoms with van der Waals surface area (Å²) >= 11 is 1.57. The number of rotatable bonds is 4. The maximum absolute atomic E-state index is 11.7. The van der Waals surface area contributed by atoms with Gasteiger partial charge in [0.2, 0.25) is 5.91 Å². The lowest BCUT2D eigenvalue weighted by molar-refractivity contribution is -0.123. The Balaban J connectivity index is 1.78. The topological polar surface area (TPSA) is 68.0 Å². The quantitative estimate of drug-likeness (QED) is 0.833. The summed E-state index contributed by atoms with van der Waals surface area (Å²) in [7, 11) is 0. The van der Waals surface area contributed by atoms with Gasteiger partial charge in [0.25, 0.3) is 0 Å². The first kappa shape index (κ1) is 11.5. The summed E-state index contributed by atoms with van der Waals surface area (Å²) in [4.78, 5) is 16.9. The summed E-state index contributed by atoms with van der Waals surface area (Å²) in [6.07, 6.45) is 3.54. The molecule has 0 aromatic carbocycles. The molecule has 1 fully saturated rings. The van der Waals surface area contributed by atoms with Crippen LogP contribution in [-0.2, 0) is 11.3 Å². The van der Waals surface area contributed by atoms with Crippen LogP contribution in [0, 0.1) is 6.92 Å². The van der Waals surface area contributed by atoms with Crippen LogP contribution in [0.25, 0.3) is 0 Å². The van der Waals surface area contributed by atoms with Gasteiger partial charge in [0.15, 0.2) is 0 Å². The van der Waals surface area contributed by atoms with Gasteiger partial charge in [-0.2, -0.15) is 0 Å². The largest absolute Gasteiger partial charge is 0.351 e. The maximum Gasteiger partial charge on any atom is 0.222 e. The summed E-state index contributed by atoms with van der Waals surface area (Å²) in [5, 5.41) is 2.90. The highest BCUT2D eigenvalue weighted by molar-refractivity contribution is 7.09. The molecule has 1 aromatic rings. The van der Waals surface area contributed by atoms with Crippen LogP contribution < -0.4 is 11.1 Å². The third-order valence-electron chi connectivity index (χ3n) is 3.15. The highest BCUT2D eigenvalue weighted by Crippen LogP contribution is 2.31. The van der Waals surface area contributed by atoms with Crippen molar-refractivity contribution in [3.8, 4) is 0 Å². The minimum absolute atomic E-state index is 0.0509. The Kier molecular flexibility index (Phi) is 3.25. The Hall–Kier alpha value is -0.940. The fraction of sp³-hybridized carbons (Fsp3) is 0.636. The lowest BCUT2D eigenvalue weighted by Gasteiger charge is -2.37. The van der Waals surface area contributed by atoms with Crippen molar-refractivity contribution in [3.05, 3.63) is 16.1 Å². The number of nitrogens with one attached hydrogen (secondary N) is 1. The molecule has 88 valence electrons. The first-order valence-electron chi connectivity index (χ1n) is 5.54. The molecule has 0 bridgehead atoms. The highest BCUT2D eigenvalue weighted by atomic mass is 32.1. The smallest absolute Gasteiger partial charge is 0.222 e. The number of carbonyl (C=O) groups is 1. The van der Waals surface area contributed by atoms with E-state index in [9.17, 15) is 4.79 Å². The standard InChI is InChI=1S/C11H17N3OS/c1-8-9(16-7-14-8)6-13-10(15)5-11(12)3-2-4-11/h7H,2-6,12H2,1H3,(H,13,15). The van der Waals surface area contributed by atoms with Gasteiger partial charge in [-0.25, -0.2) is 4.98 Å². The number of nitrogens with two attached hydrogens (primary N) is 1. The SMILES string of the molecule is Cc1ncsc1CNC(=O)CC1(N)CCC1. The summed E-state index contributed by atoms with van der Waals surface area (Å²) in [5.74, 6) is 0.0509. The van der Waals surface area contributed by atoms with Gasteiger partial charge in [-0.05, 0) is 26.2 Å². The lowest BCUT2D eigenvalue weighted by Crippen LogP contribution is -2.49. The van der Waals surface area contributed by atoms with E-state index in [4.69, 9.17) is 5.73 Å². The van der Waals surface area contributed by atoms with Crippen LogP contribution in [0.4, 0.5) is 0 Å². The molecule has 1 aliphatic carbocycles. The normalized spacial score (nSPS) is 17.9. The molecule has 2 rings (SSSR count). The van der Waals surface area contributed by atoms with Crippen molar-refractivity contribution in [2.75, 3.05) is 0 Å². The van der Waals surface area contributed by atoms with Crippen molar-refractivity contribution in [3.63, 3.8) is 0 Å². The molecular weight excluding hydrogens is 222 g/mol. The Bertz CT molecular complexity index is 384. The first-order valence-corrected chi connectivity index (χ1v) is 6.42. The van der Waals surface area contributed by atoms with Crippen LogP contribution in [-0.4, -0.2) is 16.4 Å². The third-order valence-corrected chi connectivity index (χ3v) is 4.09. The number of hydrogen-bond acceptors (Lipinski definition) is 4. The Morgan fingerprint density at radius 3 is 2.94 bits per heavy atom. The van der Waals surface area contributed by atoms with Crippen LogP contribution >= 0.6 is 11.3 Å². The van der Waals surface area contributed by atoms with E-state index in [0.29, 0.717) is 13.0 Å². The van der Waals surface area contributed by atoms with E-state index in [1.807, 2.05) is 6.92 Å². The molecule has 1 heterocycles. The predicted octanol–water partition coefficient (Wildman–Crippen LogP) is 1.34. The third kappa shape index (κ3) is 2.59. The molecule has 0 saturated heterocycles. The number of aryl methyl sites for hydroxylation is 1. The van der Waals surface area contributed by atoms with Crippen LogP contribution in [0.15, 0.2) is 5.51 Å². The molecule has 1 amide bonds. The van der Waals surface area contributed by atoms with E-state index in [0.717, 1.165) is 29.8 Å². The number of hydrogen-bond donors (Lipinski definition) is 2. The van der Waals surface area contributed by atoms with Crippen molar-refractivity contribution < 1.29 is 4.79 Å². The zero-order valence-corrected chi connectivity index (χ0v) is 10.3. The van der Waals surface area contributed by atoms with Crippen LogP contribution in [0.1, 0.15) is 36.3 Å².